The number of nitrogens with one attached hydrogen (secondary N) is 3. The SMILES string of the molecule is COC(=O)Nc1ccc2c(c1)NC(=O)C(C)CCCC(NC(=O)c1cnn(-c3cccc(Cl)c3F)c1)c1cc-2cnc1F. The second-order valence-electron chi connectivity index (χ2n) is 10.1. The van der Waals surface area contributed by atoms with Crippen molar-refractivity contribution in [2.24, 2.45) is 5.92 Å². The van der Waals surface area contributed by atoms with E-state index in [1.807, 2.05) is 0 Å². The molecule has 2 aromatic heterocycles. The molecule has 43 heavy (non-hydrogen) atoms. The number of hydrogen-bond acceptors (Lipinski definition) is 6. The van der Waals surface area contributed by atoms with Gasteiger partial charge in [0.1, 0.15) is 5.69 Å². The van der Waals surface area contributed by atoms with E-state index in [-0.39, 0.29) is 27.7 Å². The van der Waals surface area contributed by atoms with Crippen molar-refractivity contribution in [1.29, 1.82) is 0 Å². The lowest BCUT2D eigenvalue weighted by molar-refractivity contribution is -0.119. The Kier molecular flexibility index (Phi) is 8.67. The van der Waals surface area contributed by atoms with E-state index >= 15 is 4.39 Å². The van der Waals surface area contributed by atoms with Gasteiger partial charge in [-0.1, -0.05) is 37.1 Å². The molecular weight excluding hydrogens is 582 g/mol. The van der Waals surface area contributed by atoms with Crippen LogP contribution in [0.1, 0.15) is 48.1 Å². The third-order valence-electron chi connectivity index (χ3n) is 7.17. The molecule has 0 spiro atoms. The van der Waals surface area contributed by atoms with Gasteiger partial charge >= 0.3 is 6.09 Å². The summed E-state index contributed by atoms with van der Waals surface area (Å²) in [5.41, 5.74) is 2.11. The summed E-state index contributed by atoms with van der Waals surface area (Å²) in [5, 5.41) is 12.3. The van der Waals surface area contributed by atoms with Crippen molar-refractivity contribution >= 4 is 40.9 Å². The van der Waals surface area contributed by atoms with E-state index < -0.39 is 35.7 Å². The van der Waals surface area contributed by atoms with Crippen molar-refractivity contribution in [2.45, 2.75) is 32.2 Å². The first kappa shape index (κ1) is 29.6. The highest BCUT2D eigenvalue weighted by Gasteiger charge is 2.25. The highest BCUT2D eigenvalue weighted by atomic mass is 35.5. The Morgan fingerprint density at radius 1 is 1.14 bits per heavy atom. The number of anilines is 2. The fourth-order valence-corrected chi connectivity index (χ4v) is 4.98. The summed E-state index contributed by atoms with van der Waals surface area (Å²) in [6.07, 6.45) is 4.53. The molecule has 2 atom stereocenters. The molecule has 3 N–H and O–H groups in total. The Hall–Kier alpha value is -4.84. The van der Waals surface area contributed by atoms with Gasteiger partial charge in [0.15, 0.2) is 5.82 Å². The van der Waals surface area contributed by atoms with Gasteiger partial charge in [-0.2, -0.15) is 9.49 Å². The maximum Gasteiger partial charge on any atom is 0.411 e. The van der Waals surface area contributed by atoms with Gasteiger partial charge in [0.2, 0.25) is 11.9 Å². The summed E-state index contributed by atoms with van der Waals surface area (Å²) >= 11 is 5.89. The van der Waals surface area contributed by atoms with Crippen LogP contribution in [0.5, 0.6) is 0 Å². The fraction of sp³-hybridized carbons (Fsp3) is 0.233. The number of methoxy groups -OCH3 is 1. The second kappa shape index (κ2) is 12.6. The molecule has 1 aliphatic heterocycles. The van der Waals surface area contributed by atoms with Gasteiger partial charge in [0.25, 0.3) is 5.91 Å². The molecular formula is C30H27ClF2N6O4. The first-order valence-corrected chi connectivity index (χ1v) is 13.8. The molecule has 5 rings (SSSR count). The van der Waals surface area contributed by atoms with E-state index in [9.17, 15) is 18.8 Å². The average molecular weight is 609 g/mol. The van der Waals surface area contributed by atoms with Crippen molar-refractivity contribution in [2.75, 3.05) is 17.7 Å². The number of halogens is 3. The molecule has 2 unspecified atom stereocenters. The molecule has 3 heterocycles. The van der Waals surface area contributed by atoms with Gasteiger partial charge in [-0.3, -0.25) is 14.9 Å². The number of benzene rings is 2. The number of carbonyl (C=O) groups excluding carboxylic acids is 3. The molecule has 4 aromatic rings. The van der Waals surface area contributed by atoms with E-state index in [0.29, 0.717) is 41.8 Å². The van der Waals surface area contributed by atoms with E-state index in [2.05, 4.69) is 30.8 Å². The Balaban J connectivity index is 1.49. The van der Waals surface area contributed by atoms with Crippen LogP contribution in [0.4, 0.5) is 25.0 Å². The number of nitrogens with zero attached hydrogens (tertiary/aromatic N) is 3. The number of ether oxygens (including phenoxy) is 1. The summed E-state index contributed by atoms with van der Waals surface area (Å²) in [5.74, 6) is -2.65. The average Bonchev–Trinajstić information content (AvgIpc) is 3.48. The number of hydrogen-bond donors (Lipinski definition) is 3. The molecule has 2 aromatic carbocycles. The summed E-state index contributed by atoms with van der Waals surface area (Å²) in [6.45, 7) is 1.77. The van der Waals surface area contributed by atoms with Gasteiger partial charge in [0.05, 0.1) is 35.6 Å². The minimum atomic E-state index is -0.801. The second-order valence-corrected chi connectivity index (χ2v) is 10.5. The number of aromatic nitrogens is 3. The van der Waals surface area contributed by atoms with E-state index in [1.165, 1.54) is 42.5 Å². The highest BCUT2D eigenvalue weighted by Crippen LogP contribution is 2.35. The number of carbonyl (C=O) groups is 3. The van der Waals surface area contributed by atoms with E-state index in [0.717, 1.165) is 0 Å². The van der Waals surface area contributed by atoms with Crippen LogP contribution in [0.25, 0.3) is 16.8 Å². The summed E-state index contributed by atoms with van der Waals surface area (Å²) < 4.78 is 35.6. The maximum atomic E-state index is 15.2. The lowest BCUT2D eigenvalue weighted by atomic mass is 9.94. The van der Waals surface area contributed by atoms with Crippen LogP contribution < -0.4 is 16.0 Å². The Labute approximate surface area is 250 Å². The third kappa shape index (κ3) is 6.49. The molecule has 10 nitrogen and oxygen atoms in total. The molecule has 0 radical (unpaired) electrons. The zero-order valence-corrected chi connectivity index (χ0v) is 23.9. The largest absolute Gasteiger partial charge is 0.453 e. The van der Waals surface area contributed by atoms with Crippen molar-refractivity contribution in [3.8, 4) is 16.8 Å². The predicted molar refractivity (Wildman–Crippen MR) is 156 cm³/mol. The van der Waals surface area contributed by atoms with Crippen molar-refractivity contribution in [3.05, 3.63) is 89.0 Å². The van der Waals surface area contributed by atoms with Crippen LogP contribution in [0.3, 0.4) is 0 Å². The Morgan fingerprint density at radius 2 is 1.95 bits per heavy atom. The zero-order valence-electron chi connectivity index (χ0n) is 23.2. The van der Waals surface area contributed by atoms with Crippen molar-refractivity contribution in [1.82, 2.24) is 20.1 Å². The van der Waals surface area contributed by atoms with Crippen LogP contribution in [-0.2, 0) is 9.53 Å². The molecule has 222 valence electrons. The first-order valence-electron chi connectivity index (χ1n) is 13.4. The van der Waals surface area contributed by atoms with E-state index in [1.54, 1.807) is 37.3 Å². The molecule has 0 fully saturated rings. The molecule has 0 aliphatic carbocycles. The first-order chi connectivity index (χ1) is 20.6. The maximum absolute atomic E-state index is 15.2. The zero-order chi connectivity index (χ0) is 30.7. The summed E-state index contributed by atoms with van der Waals surface area (Å²) in [7, 11) is 1.23. The van der Waals surface area contributed by atoms with Gasteiger partial charge in [-0.05, 0) is 43.2 Å². The highest BCUT2D eigenvalue weighted by molar-refractivity contribution is 6.30. The quantitative estimate of drug-likeness (QED) is 0.234. The standard InChI is InChI=1S/C30H27ClF2N6O4/c1-16-5-3-7-23(37-29(41)18-14-35-39(15-18)25-8-4-6-22(31)26(25)32)21-11-17(13-34-27(21)33)20-10-9-19(36-30(42)43-2)12-24(20)38-28(16)40/h4,6,8-16,23H,3,5,7H2,1-2H3,(H,36,42)(H,37,41)(H,38,40). The Bertz CT molecular complexity index is 1710. The molecule has 2 bridgehead atoms. The smallest absolute Gasteiger partial charge is 0.411 e. The van der Waals surface area contributed by atoms with Crippen LogP contribution in [0.2, 0.25) is 5.02 Å². The third-order valence-corrected chi connectivity index (χ3v) is 7.46. The van der Waals surface area contributed by atoms with Crippen molar-refractivity contribution in [3.63, 3.8) is 0 Å². The van der Waals surface area contributed by atoms with Gasteiger partial charge < -0.3 is 15.4 Å². The Morgan fingerprint density at radius 3 is 2.74 bits per heavy atom. The van der Waals surface area contributed by atoms with Crippen LogP contribution in [-0.4, -0.2) is 39.8 Å². The molecule has 1 aliphatic rings. The lowest BCUT2D eigenvalue weighted by Gasteiger charge is -2.23. The molecule has 13 heteroatoms. The number of pyridine rings is 1. The molecule has 0 saturated carbocycles. The topological polar surface area (TPSA) is 127 Å². The monoisotopic (exact) mass is 608 g/mol. The number of fused-ring (bicyclic) bond motifs is 4. The van der Waals surface area contributed by atoms with Crippen LogP contribution in [0, 0.1) is 17.7 Å². The predicted octanol–water partition coefficient (Wildman–Crippen LogP) is 6.27. The minimum absolute atomic E-state index is 0.0661. The molecule has 3 amide bonds. The van der Waals surface area contributed by atoms with Crippen LogP contribution >= 0.6 is 11.6 Å². The lowest BCUT2D eigenvalue weighted by Crippen LogP contribution is -2.30. The molecule has 0 saturated heterocycles. The van der Waals surface area contributed by atoms with E-state index in [4.69, 9.17) is 11.6 Å². The fourth-order valence-electron chi connectivity index (χ4n) is 4.81. The number of amides is 3. The van der Waals surface area contributed by atoms with Gasteiger partial charge in [-0.15, -0.1) is 0 Å². The normalized spacial score (nSPS) is 16.6. The minimum Gasteiger partial charge on any atom is -0.453 e. The van der Waals surface area contributed by atoms with Gasteiger partial charge in [-0.25, -0.2) is 18.9 Å². The summed E-state index contributed by atoms with van der Waals surface area (Å²) in [4.78, 5) is 42.1. The van der Waals surface area contributed by atoms with Crippen molar-refractivity contribution < 1.29 is 27.9 Å². The van der Waals surface area contributed by atoms with Crippen LogP contribution in [0.15, 0.2) is 61.1 Å². The summed E-state index contributed by atoms with van der Waals surface area (Å²) in [6, 6.07) is 10.0. The van der Waals surface area contributed by atoms with Gasteiger partial charge in [0, 0.05) is 40.7 Å². The number of rotatable bonds is 4.